The Kier molecular flexibility index (Phi) is 9.38. The fourth-order valence-corrected chi connectivity index (χ4v) is 6.74. The number of nitrogens with zero attached hydrogens (tertiary/aromatic N) is 3. The topological polar surface area (TPSA) is 36.0 Å². The molecule has 2 fully saturated rings. The van der Waals surface area contributed by atoms with Crippen LogP contribution in [0.2, 0.25) is 0 Å². The van der Waals surface area contributed by atoms with Gasteiger partial charge in [0.15, 0.2) is 0 Å². The standard InChI is InChI=1S/C33H43N3O2S/c1-4-21-38-31-14-22-39-32(31)33(37)36-15-12-30(13-16-36)35-19-17-34(18-20-35)24-26-7-10-28(11-8-26)29-9-6-25(3)27(5-2)23-29/h6-11,14,22-23,30H,4-5,12-13,15-21,24H2,1-3H3. The lowest BCUT2D eigenvalue weighted by Crippen LogP contribution is -2.53. The lowest BCUT2D eigenvalue weighted by molar-refractivity contribution is 0.0469. The summed E-state index contributed by atoms with van der Waals surface area (Å²) in [5, 5.41) is 1.96. The number of piperazine rings is 1. The van der Waals surface area contributed by atoms with Crippen LogP contribution in [0.25, 0.3) is 11.1 Å². The first-order chi connectivity index (χ1) is 19.1. The zero-order valence-corrected chi connectivity index (χ0v) is 24.6. The number of thiophene rings is 1. The summed E-state index contributed by atoms with van der Waals surface area (Å²) in [7, 11) is 0. The second-order valence-electron chi connectivity index (χ2n) is 11.0. The molecule has 0 radical (unpaired) electrons. The maximum atomic E-state index is 13.1. The van der Waals surface area contributed by atoms with Gasteiger partial charge in [0, 0.05) is 51.9 Å². The third-order valence-corrected chi connectivity index (χ3v) is 9.27. The Labute approximate surface area is 238 Å². The van der Waals surface area contributed by atoms with Crippen molar-refractivity contribution >= 4 is 17.2 Å². The number of benzene rings is 2. The molecule has 2 saturated heterocycles. The number of likely N-dealkylation sites (tertiary alicyclic amines) is 1. The summed E-state index contributed by atoms with van der Waals surface area (Å²) in [5.74, 6) is 0.888. The van der Waals surface area contributed by atoms with E-state index in [1.165, 1.54) is 39.2 Å². The quantitative estimate of drug-likeness (QED) is 0.308. The third kappa shape index (κ3) is 6.74. The number of carbonyl (C=O) groups excluding carboxylic acids is 1. The minimum absolute atomic E-state index is 0.138. The predicted molar refractivity (Wildman–Crippen MR) is 162 cm³/mol. The number of amides is 1. The molecule has 1 amide bonds. The molecule has 1 aromatic heterocycles. The van der Waals surface area contributed by atoms with Crippen molar-refractivity contribution in [2.75, 3.05) is 45.9 Å². The zero-order valence-electron chi connectivity index (χ0n) is 23.8. The smallest absolute Gasteiger partial charge is 0.267 e. The number of piperidine rings is 1. The molecule has 208 valence electrons. The van der Waals surface area contributed by atoms with Crippen LogP contribution in [-0.4, -0.2) is 72.5 Å². The van der Waals surface area contributed by atoms with Crippen LogP contribution in [0.4, 0.5) is 0 Å². The maximum Gasteiger partial charge on any atom is 0.267 e. The molecule has 0 aliphatic carbocycles. The summed E-state index contributed by atoms with van der Waals surface area (Å²) in [6.45, 7) is 14.3. The molecule has 0 N–H and O–H groups in total. The molecular formula is C33H43N3O2S. The fraction of sp³-hybridized carbons (Fsp3) is 0.485. The van der Waals surface area contributed by atoms with Gasteiger partial charge in [0.1, 0.15) is 10.6 Å². The Morgan fingerprint density at radius 1 is 0.923 bits per heavy atom. The zero-order chi connectivity index (χ0) is 27.2. The van der Waals surface area contributed by atoms with Crippen LogP contribution < -0.4 is 4.74 Å². The lowest BCUT2D eigenvalue weighted by atomic mass is 9.97. The second kappa shape index (κ2) is 13.1. The average molecular weight is 546 g/mol. The number of hydrogen-bond donors (Lipinski definition) is 0. The van der Waals surface area contributed by atoms with E-state index in [-0.39, 0.29) is 5.91 Å². The van der Waals surface area contributed by atoms with Crippen LogP contribution in [-0.2, 0) is 13.0 Å². The van der Waals surface area contributed by atoms with E-state index < -0.39 is 0 Å². The Morgan fingerprint density at radius 3 is 2.33 bits per heavy atom. The van der Waals surface area contributed by atoms with Crippen molar-refractivity contribution in [3.8, 4) is 16.9 Å². The van der Waals surface area contributed by atoms with Crippen LogP contribution in [0, 0.1) is 6.92 Å². The minimum Gasteiger partial charge on any atom is -0.492 e. The molecule has 0 saturated carbocycles. The van der Waals surface area contributed by atoms with E-state index in [1.807, 2.05) is 16.3 Å². The predicted octanol–water partition coefficient (Wildman–Crippen LogP) is 6.50. The van der Waals surface area contributed by atoms with Gasteiger partial charge in [0.2, 0.25) is 0 Å². The van der Waals surface area contributed by atoms with Crippen molar-refractivity contribution < 1.29 is 9.53 Å². The molecule has 2 aliphatic rings. The highest BCUT2D eigenvalue weighted by molar-refractivity contribution is 7.12. The van der Waals surface area contributed by atoms with Crippen molar-refractivity contribution in [1.29, 1.82) is 0 Å². The van der Waals surface area contributed by atoms with Crippen molar-refractivity contribution in [3.63, 3.8) is 0 Å². The first kappa shape index (κ1) is 27.9. The largest absolute Gasteiger partial charge is 0.492 e. The Hall–Kier alpha value is -2.67. The van der Waals surface area contributed by atoms with Gasteiger partial charge in [0.05, 0.1) is 6.61 Å². The summed E-state index contributed by atoms with van der Waals surface area (Å²) < 4.78 is 5.80. The molecule has 5 nitrogen and oxygen atoms in total. The SMILES string of the molecule is CCCOc1ccsc1C(=O)N1CCC(N2CCN(Cc3ccc(-c4ccc(C)c(CC)c4)cc3)CC2)CC1. The molecule has 2 aliphatic heterocycles. The van der Waals surface area contributed by atoms with Gasteiger partial charge < -0.3 is 9.64 Å². The Morgan fingerprint density at radius 2 is 1.64 bits per heavy atom. The van der Waals surface area contributed by atoms with E-state index in [0.29, 0.717) is 12.6 Å². The van der Waals surface area contributed by atoms with E-state index in [4.69, 9.17) is 4.74 Å². The number of rotatable bonds is 9. The highest BCUT2D eigenvalue weighted by Crippen LogP contribution is 2.29. The monoisotopic (exact) mass is 545 g/mol. The van der Waals surface area contributed by atoms with E-state index in [9.17, 15) is 4.79 Å². The summed E-state index contributed by atoms with van der Waals surface area (Å²) in [6, 6.07) is 18.5. The molecule has 0 bridgehead atoms. The van der Waals surface area contributed by atoms with Crippen LogP contribution in [0.5, 0.6) is 5.75 Å². The van der Waals surface area contributed by atoms with Crippen LogP contribution in [0.3, 0.4) is 0 Å². The normalized spacial score (nSPS) is 17.5. The lowest BCUT2D eigenvalue weighted by Gasteiger charge is -2.42. The summed E-state index contributed by atoms with van der Waals surface area (Å²) >= 11 is 1.50. The fourth-order valence-electron chi connectivity index (χ4n) is 5.94. The van der Waals surface area contributed by atoms with Crippen molar-refractivity contribution in [2.24, 2.45) is 0 Å². The van der Waals surface area contributed by atoms with Crippen molar-refractivity contribution in [1.82, 2.24) is 14.7 Å². The highest BCUT2D eigenvalue weighted by Gasteiger charge is 2.30. The Bertz CT molecular complexity index is 1220. The first-order valence-corrected chi connectivity index (χ1v) is 15.6. The van der Waals surface area contributed by atoms with E-state index in [2.05, 4.69) is 73.0 Å². The van der Waals surface area contributed by atoms with Crippen molar-refractivity contribution in [3.05, 3.63) is 75.5 Å². The maximum absolute atomic E-state index is 13.1. The van der Waals surface area contributed by atoms with Gasteiger partial charge >= 0.3 is 0 Å². The van der Waals surface area contributed by atoms with Gasteiger partial charge in [-0.1, -0.05) is 56.3 Å². The van der Waals surface area contributed by atoms with Gasteiger partial charge in [-0.15, -0.1) is 11.3 Å². The molecule has 3 aromatic rings. The second-order valence-corrected chi connectivity index (χ2v) is 11.9. The van der Waals surface area contributed by atoms with Crippen molar-refractivity contribution in [2.45, 2.75) is 59.0 Å². The summed E-state index contributed by atoms with van der Waals surface area (Å²) in [4.78, 5) is 21.2. The van der Waals surface area contributed by atoms with E-state index in [0.717, 1.165) is 82.1 Å². The molecule has 2 aromatic carbocycles. The summed E-state index contributed by atoms with van der Waals surface area (Å²) in [6.07, 6.45) is 4.14. The van der Waals surface area contributed by atoms with Gasteiger partial charge in [-0.05, 0) is 71.9 Å². The van der Waals surface area contributed by atoms with Crippen LogP contribution in [0.1, 0.15) is 59.5 Å². The molecule has 0 unspecified atom stereocenters. The molecule has 3 heterocycles. The Balaban J connectivity index is 1.07. The number of hydrogen-bond acceptors (Lipinski definition) is 5. The number of ether oxygens (including phenoxy) is 1. The van der Waals surface area contributed by atoms with Gasteiger partial charge in [-0.25, -0.2) is 0 Å². The molecule has 0 atom stereocenters. The average Bonchev–Trinajstić information content (AvgIpc) is 3.45. The van der Waals surface area contributed by atoms with Gasteiger partial charge in [-0.3, -0.25) is 14.6 Å². The first-order valence-electron chi connectivity index (χ1n) is 14.7. The third-order valence-electron chi connectivity index (χ3n) is 8.38. The molecule has 39 heavy (non-hydrogen) atoms. The van der Waals surface area contributed by atoms with Gasteiger partial charge in [-0.2, -0.15) is 0 Å². The summed E-state index contributed by atoms with van der Waals surface area (Å²) in [5.41, 5.74) is 6.80. The molecule has 6 heteroatoms. The minimum atomic E-state index is 0.138. The number of carbonyl (C=O) groups is 1. The highest BCUT2D eigenvalue weighted by atomic mass is 32.1. The number of aryl methyl sites for hydroxylation is 2. The van der Waals surface area contributed by atoms with E-state index in [1.54, 1.807) is 0 Å². The van der Waals surface area contributed by atoms with Gasteiger partial charge in [0.25, 0.3) is 5.91 Å². The van der Waals surface area contributed by atoms with Crippen LogP contribution in [0.15, 0.2) is 53.9 Å². The molecular weight excluding hydrogens is 502 g/mol. The molecule has 5 rings (SSSR count). The van der Waals surface area contributed by atoms with E-state index >= 15 is 0 Å². The van der Waals surface area contributed by atoms with Crippen LogP contribution >= 0.6 is 11.3 Å². The molecule has 0 spiro atoms.